The summed E-state index contributed by atoms with van der Waals surface area (Å²) in [4.78, 5) is 28.4. The number of hydrogen-bond acceptors (Lipinski definition) is 3. The molecule has 0 radical (unpaired) electrons. The van der Waals surface area contributed by atoms with Crippen LogP contribution in [0.4, 0.5) is 0 Å². The van der Waals surface area contributed by atoms with Crippen LogP contribution in [0.5, 0.6) is 5.75 Å². The van der Waals surface area contributed by atoms with Gasteiger partial charge in [0.1, 0.15) is 11.8 Å². The Balaban J connectivity index is 1.82. The number of nitrogens with zero attached hydrogens (tertiary/aromatic N) is 1. The number of carbonyl (C=O) groups is 2. The van der Waals surface area contributed by atoms with E-state index in [0.29, 0.717) is 19.5 Å². The van der Waals surface area contributed by atoms with Crippen molar-refractivity contribution in [2.75, 3.05) is 13.7 Å². The zero-order valence-electron chi connectivity index (χ0n) is 19.9. The van der Waals surface area contributed by atoms with Crippen LogP contribution < -0.4 is 10.1 Å². The third-order valence-corrected chi connectivity index (χ3v) is 6.10. The highest BCUT2D eigenvalue weighted by molar-refractivity contribution is 5.88. The van der Waals surface area contributed by atoms with E-state index in [4.69, 9.17) is 4.74 Å². The van der Waals surface area contributed by atoms with Gasteiger partial charge in [0.05, 0.1) is 7.11 Å². The maximum Gasteiger partial charge on any atom is 0.247 e. The SMILES string of the molecule is CCCC(=O)N(Cc1ccc(OC)cc1)[C@@H](C(=O)NCCC1=CCCCC1)c1ccccc1. The van der Waals surface area contributed by atoms with Gasteiger partial charge in [0, 0.05) is 19.5 Å². The van der Waals surface area contributed by atoms with Gasteiger partial charge in [0.15, 0.2) is 0 Å². The van der Waals surface area contributed by atoms with Crippen molar-refractivity contribution >= 4 is 11.8 Å². The number of benzene rings is 2. The van der Waals surface area contributed by atoms with E-state index in [2.05, 4.69) is 11.4 Å². The van der Waals surface area contributed by atoms with Gasteiger partial charge in [-0.3, -0.25) is 9.59 Å². The van der Waals surface area contributed by atoms with Gasteiger partial charge in [-0.1, -0.05) is 61.0 Å². The predicted molar refractivity (Wildman–Crippen MR) is 132 cm³/mol. The number of methoxy groups -OCH3 is 1. The summed E-state index contributed by atoms with van der Waals surface area (Å²) in [5.41, 5.74) is 3.21. The second kappa shape index (κ2) is 12.8. The highest BCUT2D eigenvalue weighted by Gasteiger charge is 2.31. The fraction of sp³-hybridized carbons (Fsp3) is 0.429. The van der Waals surface area contributed by atoms with Crippen LogP contribution in [-0.2, 0) is 16.1 Å². The second-order valence-corrected chi connectivity index (χ2v) is 8.58. The highest BCUT2D eigenvalue weighted by atomic mass is 16.5. The average Bonchev–Trinajstić information content (AvgIpc) is 2.85. The monoisotopic (exact) mass is 448 g/mol. The number of hydrogen-bond donors (Lipinski definition) is 1. The molecule has 0 fully saturated rings. The molecule has 5 heteroatoms. The van der Waals surface area contributed by atoms with Gasteiger partial charge >= 0.3 is 0 Å². The zero-order chi connectivity index (χ0) is 23.5. The summed E-state index contributed by atoms with van der Waals surface area (Å²) in [6, 6.07) is 16.6. The van der Waals surface area contributed by atoms with Crippen LogP contribution in [0.15, 0.2) is 66.2 Å². The Kier molecular flexibility index (Phi) is 9.55. The van der Waals surface area contributed by atoms with Crippen LogP contribution >= 0.6 is 0 Å². The van der Waals surface area contributed by atoms with Gasteiger partial charge in [-0.05, 0) is 61.8 Å². The lowest BCUT2D eigenvalue weighted by Gasteiger charge is -2.32. The van der Waals surface area contributed by atoms with Gasteiger partial charge in [-0.15, -0.1) is 0 Å². The molecule has 0 aromatic heterocycles. The van der Waals surface area contributed by atoms with E-state index in [-0.39, 0.29) is 11.8 Å². The van der Waals surface area contributed by atoms with E-state index in [1.807, 2.05) is 61.5 Å². The van der Waals surface area contributed by atoms with Crippen molar-refractivity contribution in [3.63, 3.8) is 0 Å². The lowest BCUT2D eigenvalue weighted by atomic mass is 9.97. The van der Waals surface area contributed by atoms with E-state index >= 15 is 0 Å². The largest absolute Gasteiger partial charge is 0.497 e. The minimum atomic E-state index is -0.673. The number of carbonyl (C=O) groups excluding carboxylic acids is 2. The summed E-state index contributed by atoms with van der Waals surface area (Å²) in [6.45, 7) is 2.94. The summed E-state index contributed by atoms with van der Waals surface area (Å²) in [6.07, 6.45) is 9.06. The van der Waals surface area contributed by atoms with E-state index in [9.17, 15) is 9.59 Å². The van der Waals surface area contributed by atoms with Crippen LogP contribution in [0.3, 0.4) is 0 Å². The number of allylic oxidation sites excluding steroid dienone is 1. The molecule has 0 heterocycles. The van der Waals surface area contributed by atoms with Crippen LogP contribution in [0.1, 0.15) is 69.0 Å². The summed E-state index contributed by atoms with van der Waals surface area (Å²) in [7, 11) is 1.63. The van der Waals surface area contributed by atoms with Crippen LogP contribution in [0.2, 0.25) is 0 Å². The molecule has 2 aromatic carbocycles. The molecule has 0 bridgehead atoms. The first kappa shape index (κ1) is 24.6. The molecule has 33 heavy (non-hydrogen) atoms. The maximum atomic E-state index is 13.5. The molecule has 0 unspecified atom stereocenters. The summed E-state index contributed by atoms with van der Waals surface area (Å²) in [5, 5.41) is 3.12. The Morgan fingerprint density at radius 1 is 1.06 bits per heavy atom. The fourth-order valence-corrected chi connectivity index (χ4v) is 4.29. The van der Waals surface area contributed by atoms with Crippen molar-refractivity contribution < 1.29 is 14.3 Å². The molecule has 2 amide bonds. The molecule has 2 aromatic rings. The molecular weight excluding hydrogens is 412 g/mol. The molecule has 5 nitrogen and oxygen atoms in total. The average molecular weight is 449 g/mol. The lowest BCUT2D eigenvalue weighted by molar-refractivity contribution is -0.141. The minimum absolute atomic E-state index is 0.0210. The number of ether oxygens (including phenoxy) is 1. The predicted octanol–water partition coefficient (Wildman–Crippen LogP) is 5.57. The van der Waals surface area contributed by atoms with E-state index in [1.165, 1.54) is 18.4 Å². The maximum absolute atomic E-state index is 13.5. The van der Waals surface area contributed by atoms with E-state index in [0.717, 1.165) is 42.6 Å². The quantitative estimate of drug-likeness (QED) is 0.457. The third-order valence-electron chi connectivity index (χ3n) is 6.10. The van der Waals surface area contributed by atoms with Crippen molar-refractivity contribution in [1.29, 1.82) is 0 Å². The first-order valence-electron chi connectivity index (χ1n) is 12.0. The zero-order valence-corrected chi connectivity index (χ0v) is 19.9. The molecule has 0 saturated heterocycles. The summed E-state index contributed by atoms with van der Waals surface area (Å²) < 4.78 is 5.26. The summed E-state index contributed by atoms with van der Waals surface area (Å²) >= 11 is 0. The van der Waals surface area contributed by atoms with Crippen LogP contribution in [0.25, 0.3) is 0 Å². The molecular formula is C28H36N2O3. The molecule has 1 aliphatic carbocycles. The molecule has 176 valence electrons. The van der Waals surface area contributed by atoms with Crippen molar-refractivity contribution in [3.05, 3.63) is 77.4 Å². The molecule has 0 spiro atoms. The molecule has 1 aliphatic rings. The van der Waals surface area contributed by atoms with Crippen molar-refractivity contribution in [2.24, 2.45) is 0 Å². The topological polar surface area (TPSA) is 58.6 Å². The first-order valence-corrected chi connectivity index (χ1v) is 12.0. The number of rotatable bonds is 11. The van der Waals surface area contributed by atoms with Crippen molar-refractivity contribution in [3.8, 4) is 5.75 Å². The summed E-state index contributed by atoms with van der Waals surface area (Å²) in [5.74, 6) is 0.613. The first-order chi connectivity index (χ1) is 16.1. The lowest BCUT2D eigenvalue weighted by Crippen LogP contribution is -2.43. The Morgan fingerprint density at radius 2 is 1.82 bits per heavy atom. The van der Waals surface area contributed by atoms with Gasteiger partial charge in [0.25, 0.3) is 0 Å². The van der Waals surface area contributed by atoms with Crippen molar-refractivity contribution in [1.82, 2.24) is 10.2 Å². The molecule has 0 aliphatic heterocycles. The third kappa shape index (κ3) is 7.21. The van der Waals surface area contributed by atoms with Gasteiger partial charge in [-0.25, -0.2) is 0 Å². The van der Waals surface area contributed by atoms with E-state index in [1.54, 1.807) is 12.0 Å². The van der Waals surface area contributed by atoms with Gasteiger partial charge < -0.3 is 15.0 Å². The van der Waals surface area contributed by atoms with Crippen LogP contribution in [0, 0.1) is 0 Å². The molecule has 0 saturated carbocycles. The number of nitrogens with one attached hydrogen (secondary N) is 1. The Morgan fingerprint density at radius 3 is 2.45 bits per heavy atom. The van der Waals surface area contributed by atoms with Gasteiger partial charge in [0.2, 0.25) is 11.8 Å². The smallest absolute Gasteiger partial charge is 0.247 e. The second-order valence-electron chi connectivity index (χ2n) is 8.58. The molecule has 3 rings (SSSR count). The van der Waals surface area contributed by atoms with Crippen molar-refractivity contribution in [2.45, 2.75) is 64.5 Å². The Bertz CT molecular complexity index is 922. The normalized spacial score (nSPS) is 14.2. The fourth-order valence-electron chi connectivity index (χ4n) is 4.29. The Labute approximate surface area is 197 Å². The number of amides is 2. The molecule has 1 N–H and O–H groups in total. The standard InChI is InChI=1S/C28H36N2O3/c1-3-10-26(31)30(21-23-15-17-25(33-2)18-16-23)27(24-13-8-5-9-14-24)28(32)29-20-19-22-11-6-4-7-12-22/h5,8-9,11,13-18,27H,3-4,6-7,10,12,19-21H2,1-2H3,(H,29,32)/t27-/m1/s1. The highest BCUT2D eigenvalue weighted by Crippen LogP contribution is 2.26. The Hall–Kier alpha value is -3.08. The van der Waals surface area contributed by atoms with Gasteiger partial charge in [-0.2, -0.15) is 0 Å². The molecule has 1 atom stereocenters. The van der Waals surface area contributed by atoms with E-state index < -0.39 is 6.04 Å². The minimum Gasteiger partial charge on any atom is -0.497 e. The van der Waals surface area contributed by atoms with Crippen LogP contribution in [-0.4, -0.2) is 30.4 Å².